The zero-order valence-electron chi connectivity index (χ0n) is 12.0. The van der Waals surface area contributed by atoms with Gasteiger partial charge in [0.05, 0.1) is 0 Å². The molecule has 3 rings (SSSR count). The third-order valence-electron chi connectivity index (χ3n) is 4.59. The smallest absolute Gasteiger partial charge is 0.162 e. The summed E-state index contributed by atoms with van der Waals surface area (Å²) < 4.78 is 0. The summed E-state index contributed by atoms with van der Waals surface area (Å²) >= 11 is 0. The van der Waals surface area contributed by atoms with E-state index in [-0.39, 0.29) is 23.0 Å². The lowest BCUT2D eigenvalue weighted by molar-refractivity contribution is -0.118. The molecule has 0 aromatic heterocycles. The summed E-state index contributed by atoms with van der Waals surface area (Å²) in [5.41, 5.74) is 0.133. The van der Waals surface area contributed by atoms with E-state index in [0.29, 0.717) is 5.57 Å². The Kier molecular flexibility index (Phi) is 2.68. The van der Waals surface area contributed by atoms with Crippen LogP contribution in [0.5, 0.6) is 0 Å². The number of hydrogen-bond acceptors (Lipinski definition) is 2. The van der Waals surface area contributed by atoms with Crippen LogP contribution in [0.1, 0.15) is 26.3 Å². The minimum Gasteiger partial charge on any atom is -0.374 e. The first-order valence-corrected chi connectivity index (χ1v) is 6.90. The maximum absolute atomic E-state index is 12.1. The number of carbonyl (C=O) groups is 1. The molecule has 3 atom stereocenters. The molecule has 1 aromatic rings. The molecule has 0 amide bonds. The van der Waals surface area contributed by atoms with Gasteiger partial charge < -0.3 is 5.11 Å². The van der Waals surface area contributed by atoms with Crippen LogP contribution in [0.25, 0.3) is 0 Å². The van der Waals surface area contributed by atoms with Crippen molar-refractivity contribution in [2.24, 2.45) is 17.3 Å². The second-order valence-electron chi connectivity index (χ2n) is 6.41. The lowest BCUT2D eigenvalue weighted by atomic mass is 9.86. The molecule has 0 radical (unpaired) electrons. The number of carbonyl (C=O) groups excluding carboxylic acids is 1. The lowest BCUT2D eigenvalue weighted by Crippen LogP contribution is -2.33. The van der Waals surface area contributed by atoms with Crippen molar-refractivity contribution in [2.75, 3.05) is 0 Å². The van der Waals surface area contributed by atoms with Gasteiger partial charge in [0.1, 0.15) is 5.60 Å². The van der Waals surface area contributed by atoms with E-state index in [1.54, 1.807) is 13.0 Å². The first-order valence-electron chi connectivity index (χ1n) is 6.90. The second kappa shape index (κ2) is 4.07. The summed E-state index contributed by atoms with van der Waals surface area (Å²) in [5, 5.41) is 10.9. The van der Waals surface area contributed by atoms with Crippen LogP contribution in [-0.4, -0.2) is 16.5 Å². The Morgan fingerprint density at radius 2 is 1.85 bits per heavy atom. The minimum absolute atomic E-state index is 0.0948. The van der Waals surface area contributed by atoms with Crippen molar-refractivity contribution in [3.63, 3.8) is 0 Å². The van der Waals surface area contributed by atoms with Crippen LogP contribution < -0.4 is 0 Å². The molecule has 1 N–H and O–H groups in total. The van der Waals surface area contributed by atoms with Crippen LogP contribution in [0.3, 0.4) is 0 Å². The van der Waals surface area contributed by atoms with Crippen LogP contribution >= 0.6 is 0 Å². The Hall–Kier alpha value is -1.85. The zero-order valence-corrected chi connectivity index (χ0v) is 12.0. The fraction of sp³-hybridized carbons (Fsp3) is 0.389. The number of benzene rings is 1. The molecule has 3 unspecified atom stereocenters. The van der Waals surface area contributed by atoms with E-state index in [4.69, 9.17) is 0 Å². The molecule has 2 aliphatic carbocycles. The van der Waals surface area contributed by atoms with Crippen molar-refractivity contribution >= 4 is 5.78 Å². The van der Waals surface area contributed by atoms with Crippen LogP contribution in [0.15, 0.2) is 42.0 Å². The number of allylic oxidation sites excluding steroid dienone is 1. The van der Waals surface area contributed by atoms with Gasteiger partial charge in [0.25, 0.3) is 0 Å². The standard InChI is InChI=1S/C18H18O2/c1-12-11-18(20,10-9-13-7-5-4-6-8-13)16-14(15(12)19)17(16,2)3/h4-8,11,14,16,20H,1-3H3. The normalized spacial score (nSPS) is 33.6. The number of fused-ring (bicyclic) bond motifs is 1. The minimum atomic E-state index is -1.19. The summed E-state index contributed by atoms with van der Waals surface area (Å²) in [7, 11) is 0. The summed E-state index contributed by atoms with van der Waals surface area (Å²) in [6.45, 7) is 5.83. The largest absolute Gasteiger partial charge is 0.374 e. The predicted octanol–water partition coefficient (Wildman–Crippen LogP) is 2.57. The quantitative estimate of drug-likeness (QED) is 0.733. The average molecular weight is 266 g/mol. The van der Waals surface area contributed by atoms with Crippen molar-refractivity contribution in [1.29, 1.82) is 0 Å². The summed E-state index contributed by atoms with van der Waals surface area (Å²) in [5.74, 6) is 5.99. The topological polar surface area (TPSA) is 37.3 Å². The van der Waals surface area contributed by atoms with Gasteiger partial charge in [0.15, 0.2) is 5.78 Å². The van der Waals surface area contributed by atoms with Gasteiger partial charge in [-0.1, -0.05) is 43.9 Å². The molecule has 1 aromatic carbocycles. The fourth-order valence-corrected chi connectivity index (χ4v) is 3.49. The monoisotopic (exact) mass is 266 g/mol. The predicted molar refractivity (Wildman–Crippen MR) is 77.8 cm³/mol. The molecule has 1 fully saturated rings. The third-order valence-corrected chi connectivity index (χ3v) is 4.59. The highest BCUT2D eigenvalue weighted by molar-refractivity contribution is 6.01. The molecule has 0 bridgehead atoms. The van der Waals surface area contributed by atoms with Gasteiger partial charge in [-0.3, -0.25) is 4.79 Å². The molecule has 2 aliphatic rings. The van der Waals surface area contributed by atoms with Crippen LogP contribution in [-0.2, 0) is 4.79 Å². The first-order chi connectivity index (χ1) is 9.36. The van der Waals surface area contributed by atoms with Crippen molar-refractivity contribution in [3.8, 4) is 11.8 Å². The molecule has 0 heterocycles. The number of aliphatic hydroxyl groups is 1. The second-order valence-corrected chi connectivity index (χ2v) is 6.41. The van der Waals surface area contributed by atoms with E-state index >= 15 is 0 Å². The number of hydrogen-bond donors (Lipinski definition) is 1. The number of Topliss-reactive ketones (excluding diaryl/α,β-unsaturated/α-hetero) is 1. The zero-order chi connectivity index (χ0) is 14.5. The molecule has 102 valence electrons. The van der Waals surface area contributed by atoms with Crippen molar-refractivity contribution in [3.05, 3.63) is 47.5 Å². The highest BCUT2D eigenvalue weighted by Crippen LogP contribution is 2.66. The Morgan fingerprint density at radius 1 is 1.20 bits per heavy atom. The molecule has 2 heteroatoms. The Labute approximate surface area is 119 Å². The van der Waals surface area contributed by atoms with Gasteiger partial charge >= 0.3 is 0 Å². The van der Waals surface area contributed by atoms with Crippen molar-refractivity contribution in [2.45, 2.75) is 26.4 Å². The van der Waals surface area contributed by atoms with E-state index < -0.39 is 5.60 Å². The number of ketones is 1. The molecule has 0 spiro atoms. The highest BCUT2D eigenvalue weighted by Gasteiger charge is 2.70. The molecule has 2 nitrogen and oxygen atoms in total. The van der Waals surface area contributed by atoms with Gasteiger partial charge in [-0.05, 0) is 36.1 Å². The summed E-state index contributed by atoms with van der Waals surface area (Å²) in [4.78, 5) is 12.1. The van der Waals surface area contributed by atoms with Gasteiger partial charge in [0, 0.05) is 17.4 Å². The van der Waals surface area contributed by atoms with Gasteiger partial charge in [-0.2, -0.15) is 0 Å². The highest BCUT2D eigenvalue weighted by atomic mass is 16.3. The molecular formula is C18H18O2. The van der Waals surface area contributed by atoms with Gasteiger partial charge in [-0.15, -0.1) is 0 Å². The van der Waals surface area contributed by atoms with Crippen molar-refractivity contribution in [1.82, 2.24) is 0 Å². The first kappa shape index (κ1) is 13.1. The van der Waals surface area contributed by atoms with E-state index in [0.717, 1.165) is 5.56 Å². The molecular weight excluding hydrogens is 248 g/mol. The van der Waals surface area contributed by atoms with Gasteiger partial charge in [-0.25, -0.2) is 0 Å². The lowest BCUT2D eigenvalue weighted by Gasteiger charge is -2.23. The van der Waals surface area contributed by atoms with Crippen molar-refractivity contribution < 1.29 is 9.90 Å². The van der Waals surface area contributed by atoms with Crippen LogP contribution in [0.4, 0.5) is 0 Å². The Morgan fingerprint density at radius 3 is 2.50 bits per heavy atom. The van der Waals surface area contributed by atoms with Gasteiger partial charge in [0.2, 0.25) is 0 Å². The number of rotatable bonds is 0. The SMILES string of the molecule is CC1=CC(O)(C#Cc2ccccc2)C2C(C1=O)C2(C)C. The van der Waals surface area contributed by atoms with E-state index in [1.165, 1.54) is 0 Å². The molecule has 0 saturated heterocycles. The fourth-order valence-electron chi connectivity index (χ4n) is 3.49. The van der Waals surface area contributed by atoms with Crippen LogP contribution in [0, 0.1) is 29.1 Å². The third kappa shape index (κ3) is 1.82. The Bertz CT molecular complexity index is 658. The average Bonchev–Trinajstić information content (AvgIpc) is 3.00. The molecule has 20 heavy (non-hydrogen) atoms. The summed E-state index contributed by atoms with van der Waals surface area (Å²) in [6, 6.07) is 9.60. The molecule has 1 saturated carbocycles. The summed E-state index contributed by atoms with van der Waals surface area (Å²) in [6.07, 6.45) is 1.64. The van der Waals surface area contributed by atoms with E-state index in [9.17, 15) is 9.90 Å². The molecule has 0 aliphatic heterocycles. The Balaban J connectivity index is 2.00. The maximum atomic E-state index is 12.1. The van der Waals surface area contributed by atoms with Crippen LogP contribution in [0.2, 0.25) is 0 Å². The maximum Gasteiger partial charge on any atom is 0.162 e. The van der Waals surface area contributed by atoms with E-state index in [2.05, 4.69) is 11.8 Å². The van der Waals surface area contributed by atoms with E-state index in [1.807, 2.05) is 44.2 Å².